The fourth-order valence-corrected chi connectivity index (χ4v) is 2.86. The van der Waals surface area contributed by atoms with Crippen LogP contribution in [0, 0.1) is 5.82 Å². The van der Waals surface area contributed by atoms with Gasteiger partial charge in [0.15, 0.2) is 0 Å². The summed E-state index contributed by atoms with van der Waals surface area (Å²) in [5.74, 6) is -5.11. The molecule has 0 aliphatic rings. The van der Waals surface area contributed by atoms with E-state index >= 15 is 0 Å². The van der Waals surface area contributed by atoms with Crippen molar-refractivity contribution in [3.8, 4) is 0 Å². The Labute approximate surface area is 116 Å². The van der Waals surface area contributed by atoms with Crippen LogP contribution in [0.4, 0.5) is 18.9 Å². The van der Waals surface area contributed by atoms with Gasteiger partial charge in [-0.3, -0.25) is 4.21 Å². The third-order valence-corrected chi connectivity index (χ3v) is 4.16. The monoisotopic (exact) mass is 299 g/mol. The lowest BCUT2D eigenvalue weighted by Gasteiger charge is -2.16. The maximum atomic E-state index is 14.0. The number of hydrogen-bond acceptors (Lipinski definition) is 2. The summed E-state index contributed by atoms with van der Waals surface area (Å²) in [6.07, 6.45) is 0. The van der Waals surface area contributed by atoms with Gasteiger partial charge in [0.05, 0.1) is 21.4 Å². The zero-order chi connectivity index (χ0) is 14.8. The van der Waals surface area contributed by atoms with E-state index in [0.717, 1.165) is 6.07 Å². The SMILES string of the molecule is Nc1ccc(S(=O)CC(F)(F)c2ccccc2)c(F)c1. The predicted molar refractivity (Wildman–Crippen MR) is 72.4 cm³/mol. The van der Waals surface area contributed by atoms with Crippen LogP contribution in [-0.4, -0.2) is 9.96 Å². The van der Waals surface area contributed by atoms with Crippen molar-refractivity contribution >= 4 is 16.5 Å². The highest BCUT2D eigenvalue weighted by molar-refractivity contribution is 7.85. The molecule has 2 N–H and O–H groups in total. The summed E-state index contributed by atoms with van der Waals surface area (Å²) in [6.45, 7) is 0. The summed E-state index contributed by atoms with van der Waals surface area (Å²) in [5.41, 5.74) is 5.26. The van der Waals surface area contributed by atoms with Crippen LogP contribution >= 0.6 is 0 Å². The first-order chi connectivity index (χ1) is 9.40. The number of hydrogen-bond donors (Lipinski definition) is 1. The van der Waals surface area contributed by atoms with Crippen LogP contribution in [0.25, 0.3) is 0 Å². The normalized spacial score (nSPS) is 13.2. The summed E-state index contributed by atoms with van der Waals surface area (Å²) in [4.78, 5) is -0.269. The van der Waals surface area contributed by atoms with Crippen LogP contribution in [0.1, 0.15) is 5.56 Å². The average molecular weight is 299 g/mol. The van der Waals surface area contributed by atoms with Crippen molar-refractivity contribution < 1.29 is 17.4 Å². The molecule has 0 radical (unpaired) electrons. The highest BCUT2D eigenvalue weighted by Gasteiger charge is 2.34. The molecule has 0 heterocycles. The third kappa shape index (κ3) is 3.19. The van der Waals surface area contributed by atoms with Crippen LogP contribution < -0.4 is 5.73 Å². The third-order valence-electron chi connectivity index (χ3n) is 2.71. The highest BCUT2D eigenvalue weighted by atomic mass is 32.2. The van der Waals surface area contributed by atoms with Crippen LogP contribution in [0.2, 0.25) is 0 Å². The van der Waals surface area contributed by atoms with Gasteiger partial charge < -0.3 is 5.73 Å². The van der Waals surface area contributed by atoms with E-state index in [1.165, 1.54) is 36.4 Å². The van der Waals surface area contributed by atoms with E-state index in [-0.39, 0.29) is 16.1 Å². The van der Waals surface area contributed by atoms with Gasteiger partial charge in [0, 0.05) is 11.3 Å². The molecular formula is C14H12F3NOS. The molecular weight excluding hydrogens is 287 g/mol. The molecule has 0 aliphatic heterocycles. The second-order valence-corrected chi connectivity index (χ2v) is 5.67. The zero-order valence-electron chi connectivity index (χ0n) is 10.4. The van der Waals surface area contributed by atoms with Crippen molar-refractivity contribution in [2.24, 2.45) is 0 Å². The van der Waals surface area contributed by atoms with Gasteiger partial charge in [-0.15, -0.1) is 0 Å². The lowest BCUT2D eigenvalue weighted by atomic mass is 10.1. The Morgan fingerprint density at radius 3 is 2.35 bits per heavy atom. The van der Waals surface area contributed by atoms with Crippen molar-refractivity contribution in [3.05, 3.63) is 59.9 Å². The molecule has 106 valence electrons. The van der Waals surface area contributed by atoms with Gasteiger partial charge in [0.1, 0.15) is 5.82 Å². The second kappa shape index (κ2) is 5.66. The fourth-order valence-electron chi connectivity index (χ4n) is 1.71. The van der Waals surface area contributed by atoms with Crippen molar-refractivity contribution in [1.29, 1.82) is 0 Å². The lowest BCUT2D eigenvalue weighted by Crippen LogP contribution is -2.22. The van der Waals surface area contributed by atoms with Crippen molar-refractivity contribution in [2.75, 3.05) is 11.5 Å². The number of anilines is 1. The van der Waals surface area contributed by atoms with Gasteiger partial charge in [-0.2, -0.15) is 0 Å². The Bertz CT molecular complexity index is 632. The molecule has 2 aromatic carbocycles. The van der Waals surface area contributed by atoms with Gasteiger partial charge in [0.25, 0.3) is 5.92 Å². The van der Waals surface area contributed by atoms with E-state index in [2.05, 4.69) is 0 Å². The van der Waals surface area contributed by atoms with E-state index in [1.54, 1.807) is 6.07 Å². The van der Waals surface area contributed by atoms with E-state index in [1.807, 2.05) is 0 Å². The molecule has 0 aromatic heterocycles. The zero-order valence-corrected chi connectivity index (χ0v) is 11.2. The van der Waals surface area contributed by atoms with Gasteiger partial charge in [-0.25, -0.2) is 13.2 Å². The standard InChI is InChI=1S/C14H12F3NOS/c15-12-8-11(18)6-7-13(12)20(19)9-14(16,17)10-4-2-1-3-5-10/h1-8H,9,18H2. The van der Waals surface area contributed by atoms with Gasteiger partial charge >= 0.3 is 0 Å². The van der Waals surface area contributed by atoms with E-state index in [9.17, 15) is 17.4 Å². The van der Waals surface area contributed by atoms with Crippen LogP contribution in [0.5, 0.6) is 0 Å². The van der Waals surface area contributed by atoms with Crippen molar-refractivity contribution in [1.82, 2.24) is 0 Å². The predicted octanol–water partition coefficient (Wildman–Crippen LogP) is 3.31. The fraction of sp³-hybridized carbons (Fsp3) is 0.143. The van der Waals surface area contributed by atoms with E-state index in [0.29, 0.717) is 0 Å². The summed E-state index contributed by atoms with van der Waals surface area (Å²) < 4.78 is 53.4. The maximum Gasteiger partial charge on any atom is 0.284 e. The molecule has 0 bridgehead atoms. The van der Waals surface area contributed by atoms with E-state index < -0.39 is 28.3 Å². The van der Waals surface area contributed by atoms with Gasteiger partial charge in [-0.1, -0.05) is 30.3 Å². The Morgan fingerprint density at radius 1 is 1.10 bits per heavy atom. The Hall–Kier alpha value is -1.82. The van der Waals surface area contributed by atoms with Crippen molar-refractivity contribution in [2.45, 2.75) is 10.8 Å². The molecule has 0 saturated heterocycles. The largest absolute Gasteiger partial charge is 0.399 e. The minimum absolute atomic E-state index is 0.151. The summed E-state index contributed by atoms with van der Waals surface area (Å²) in [5, 5.41) is 0. The number of alkyl halides is 2. The molecule has 2 nitrogen and oxygen atoms in total. The minimum atomic E-state index is -3.29. The number of rotatable bonds is 4. The molecule has 1 unspecified atom stereocenters. The van der Waals surface area contributed by atoms with Crippen molar-refractivity contribution in [3.63, 3.8) is 0 Å². The summed E-state index contributed by atoms with van der Waals surface area (Å²) in [7, 11) is -2.15. The molecule has 1 atom stereocenters. The number of nitrogens with two attached hydrogens (primary N) is 1. The molecule has 20 heavy (non-hydrogen) atoms. The van der Waals surface area contributed by atoms with Crippen LogP contribution in [0.3, 0.4) is 0 Å². The quantitative estimate of drug-likeness (QED) is 0.880. The first-order valence-electron chi connectivity index (χ1n) is 5.77. The van der Waals surface area contributed by atoms with E-state index in [4.69, 9.17) is 5.73 Å². The first-order valence-corrected chi connectivity index (χ1v) is 7.09. The lowest BCUT2D eigenvalue weighted by molar-refractivity contribution is 0.0222. The molecule has 6 heteroatoms. The summed E-state index contributed by atoms with van der Waals surface area (Å²) in [6, 6.07) is 10.5. The Kier molecular flexibility index (Phi) is 4.13. The molecule has 2 aromatic rings. The molecule has 2 rings (SSSR count). The Balaban J connectivity index is 2.23. The smallest absolute Gasteiger partial charge is 0.284 e. The Morgan fingerprint density at radius 2 is 1.75 bits per heavy atom. The minimum Gasteiger partial charge on any atom is -0.399 e. The van der Waals surface area contributed by atoms with Gasteiger partial charge in [0.2, 0.25) is 0 Å². The highest BCUT2D eigenvalue weighted by Crippen LogP contribution is 2.30. The molecule has 0 amide bonds. The molecule has 0 fully saturated rings. The van der Waals surface area contributed by atoms with Crippen LogP contribution in [-0.2, 0) is 16.7 Å². The van der Waals surface area contributed by atoms with Gasteiger partial charge in [-0.05, 0) is 18.2 Å². The number of halogens is 3. The topological polar surface area (TPSA) is 43.1 Å². The maximum absolute atomic E-state index is 14.0. The molecule has 0 aliphatic carbocycles. The molecule has 0 spiro atoms. The number of nitrogen functional groups attached to an aromatic ring is 1. The first kappa shape index (κ1) is 14.6. The second-order valence-electron chi connectivity index (χ2n) is 4.25. The van der Waals surface area contributed by atoms with Crippen LogP contribution in [0.15, 0.2) is 53.4 Å². The number of benzene rings is 2. The summed E-state index contributed by atoms with van der Waals surface area (Å²) >= 11 is 0. The average Bonchev–Trinajstić information content (AvgIpc) is 2.39. The molecule has 0 saturated carbocycles.